The third kappa shape index (κ3) is 15.8. The van der Waals surface area contributed by atoms with Gasteiger partial charge < -0.3 is 43.5 Å². The molecule has 0 spiro atoms. The molecule has 2 N–H and O–H groups in total. The lowest BCUT2D eigenvalue weighted by Crippen LogP contribution is -2.61. The van der Waals surface area contributed by atoms with Crippen molar-refractivity contribution >= 4 is 51.1 Å². The molecule has 388 valence electrons. The van der Waals surface area contributed by atoms with Crippen molar-refractivity contribution in [3.63, 3.8) is 0 Å². The van der Waals surface area contributed by atoms with Gasteiger partial charge in [0, 0.05) is 58.5 Å². The van der Waals surface area contributed by atoms with E-state index in [4.69, 9.17) is 28.4 Å². The summed E-state index contributed by atoms with van der Waals surface area (Å²) >= 11 is 3.15. The Labute approximate surface area is 418 Å². The molecular weight excluding hydrogens is 954 g/mol. The number of nitrogens with zero attached hydrogens (tertiary/aromatic N) is 1. The van der Waals surface area contributed by atoms with Gasteiger partial charge in [-0.25, -0.2) is 4.79 Å². The topological polar surface area (TPSA) is 201 Å². The minimum atomic E-state index is -2.44. The number of alkyl halides is 1. The maximum absolute atomic E-state index is 14.5. The predicted molar refractivity (Wildman–Crippen MR) is 263 cm³/mol. The van der Waals surface area contributed by atoms with Crippen LogP contribution in [0, 0.1) is 35.5 Å². The molecule has 2 bridgehead atoms. The van der Waals surface area contributed by atoms with Crippen molar-refractivity contribution in [1.29, 1.82) is 0 Å². The van der Waals surface area contributed by atoms with Crippen LogP contribution in [0.2, 0.25) is 0 Å². The summed E-state index contributed by atoms with van der Waals surface area (Å²) in [5.41, 5.74) is 1.25. The summed E-state index contributed by atoms with van der Waals surface area (Å²) in [7, 11) is 4.52. The van der Waals surface area contributed by atoms with Gasteiger partial charge in [-0.1, -0.05) is 87.0 Å². The number of hydrogen-bond acceptors (Lipinski definition) is 14. The van der Waals surface area contributed by atoms with Gasteiger partial charge in [0.2, 0.25) is 5.79 Å². The molecule has 3 heterocycles. The van der Waals surface area contributed by atoms with E-state index in [1.807, 2.05) is 58.1 Å². The van der Waals surface area contributed by atoms with E-state index in [0.717, 1.165) is 5.57 Å². The Morgan fingerprint density at radius 3 is 2.28 bits per heavy atom. The number of carbonyl (C=O) groups is 6. The summed E-state index contributed by atoms with van der Waals surface area (Å²) in [6.45, 7) is 12.7. The van der Waals surface area contributed by atoms with Gasteiger partial charge in [-0.05, 0) is 107 Å². The number of allylic oxidation sites excluding steroid dienone is 6. The van der Waals surface area contributed by atoms with Crippen molar-refractivity contribution in [3.8, 4) is 0 Å². The van der Waals surface area contributed by atoms with E-state index in [1.165, 1.54) is 12.0 Å². The second-order valence-corrected chi connectivity index (χ2v) is 20.7. The van der Waals surface area contributed by atoms with E-state index < -0.39 is 83.9 Å². The number of piperidine rings is 1. The fraction of sp³-hybridized carbons (Fsp3) is 0.736. The van der Waals surface area contributed by atoms with Gasteiger partial charge >= 0.3 is 11.9 Å². The zero-order valence-electron chi connectivity index (χ0n) is 42.6. The number of halogens is 1. The number of esters is 2. The number of hydrogen-bond donors (Lipinski definition) is 2. The second kappa shape index (κ2) is 27.4. The molecule has 4 rings (SSSR count). The lowest BCUT2D eigenvalue weighted by Gasteiger charge is -2.42. The number of ketones is 3. The molecule has 0 aromatic carbocycles. The summed E-state index contributed by atoms with van der Waals surface area (Å²) in [5, 5.41) is 23.5. The van der Waals surface area contributed by atoms with Gasteiger partial charge in [-0.3, -0.25) is 24.0 Å². The van der Waals surface area contributed by atoms with Crippen LogP contribution in [0.25, 0.3) is 0 Å². The van der Waals surface area contributed by atoms with E-state index in [0.29, 0.717) is 69.8 Å². The highest BCUT2D eigenvalue weighted by molar-refractivity contribution is 9.09. The fourth-order valence-electron chi connectivity index (χ4n) is 10.4. The predicted octanol–water partition coefficient (Wildman–Crippen LogP) is 7.13. The van der Waals surface area contributed by atoms with Crippen LogP contribution in [0.3, 0.4) is 0 Å². The molecule has 15 atom stereocenters. The SMILES string of the molecule is CO[C@H]1C[C@@H]2CC[C@@H](C)[C@@](O)(O2)C(=O)C(=O)N2CCCC[C@H]2C(=O)O[C@H]([C@H](C)C[C@@H]2CC[C@@H](OC(=O)CBr)[C@H](OC)C2)CC(=O)[C@H](C)/C=C(\C)[C@@H](O)[C@@H](OC)C(=O)[C@H](C)C[C@H](C)/C=C/C=CC=C1C. The second-order valence-electron chi connectivity index (χ2n) is 20.2. The summed E-state index contributed by atoms with van der Waals surface area (Å²) in [4.78, 5) is 84.3. The number of ether oxygens (including phenoxy) is 6. The van der Waals surface area contributed by atoms with Crippen LogP contribution in [0.15, 0.2) is 47.6 Å². The number of aliphatic hydroxyl groups excluding tert-OH is 1. The van der Waals surface area contributed by atoms with E-state index in [2.05, 4.69) is 15.9 Å². The molecule has 3 aliphatic heterocycles. The highest BCUT2D eigenvalue weighted by Gasteiger charge is 2.53. The summed E-state index contributed by atoms with van der Waals surface area (Å²) in [6, 6.07) is -1.16. The van der Waals surface area contributed by atoms with Crippen molar-refractivity contribution in [3.05, 3.63) is 47.6 Å². The maximum Gasteiger partial charge on any atom is 0.329 e. The van der Waals surface area contributed by atoms with Crippen LogP contribution in [0.5, 0.6) is 0 Å². The first kappa shape index (κ1) is 58.2. The highest BCUT2D eigenvalue weighted by atomic mass is 79.9. The summed E-state index contributed by atoms with van der Waals surface area (Å²) < 4.78 is 35.3. The third-order valence-electron chi connectivity index (χ3n) is 14.8. The van der Waals surface area contributed by atoms with E-state index in [-0.39, 0.29) is 66.1 Å². The van der Waals surface area contributed by atoms with Gasteiger partial charge in [-0.2, -0.15) is 0 Å². The number of fused-ring (bicyclic) bond motifs is 3. The van der Waals surface area contributed by atoms with Gasteiger partial charge in [0.05, 0.1) is 18.3 Å². The first-order chi connectivity index (χ1) is 32.7. The Bertz CT molecular complexity index is 1900. The Hall–Kier alpha value is -3.38. The number of carbonyl (C=O) groups excluding carboxylic acids is 6. The van der Waals surface area contributed by atoms with Crippen LogP contribution in [0.4, 0.5) is 0 Å². The smallest absolute Gasteiger partial charge is 0.329 e. The Morgan fingerprint density at radius 1 is 0.884 bits per heavy atom. The van der Waals surface area contributed by atoms with E-state index in [1.54, 1.807) is 41.1 Å². The van der Waals surface area contributed by atoms with Crippen LogP contribution >= 0.6 is 15.9 Å². The molecule has 0 aromatic heterocycles. The summed E-state index contributed by atoms with van der Waals surface area (Å²) in [6.07, 6.45) is 11.0. The zero-order chi connectivity index (χ0) is 51.2. The Kier molecular flexibility index (Phi) is 23.1. The monoisotopic (exact) mass is 1030 g/mol. The fourth-order valence-corrected chi connectivity index (χ4v) is 10.6. The van der Waals surface area contributed by atoms with Crippen molar-refractivity contribution < 1.29 is 67.4 Å². The van der Waals surface area contributed by atoms with Crippen LogP contribution in [-0.4, -0.2) is 138 Å². The van der Waals surface area contributed by atoms with Gasteiger partial charge in [-0.15, -0.1) is 0 Å². The normalized spacial score (nSPS) is 37.4. The molecule has 0 radical (unpaired) electrons. The quantitative estimate of drug-likeness (QED) is 0.108. The Morgan fingerprint density at radius 2 is 1.61 bits per heavy atom. The highest BCUT2D eigenvalue weighted by Crippen LogP contribution is 2.38. The molecule has 16 heteroatoms. The minimum absolute atomic E-state index is 0.00925. The lowest BCUT2D eigenvalue weighted by molar-refractivity contribution is -0.265. The van der Waals surface area contributed by atoms with Crippen molar-refractivity contribution in [2.45, 2.75) is 180 Å². The number of Topliss-reactive ketones (excluding diaryl/α,β-unsaturated/α-hetero) is 3. The molecule has 69 heavy (non-hydrogen) atoms. The van der Waals surface area contributed by atoms with Crippen molar-refractivity contribution in [2.24, 2.45) is 35.5 Å². The molecule has 2 saturated heterocycles. The maximum atomic E-state index is 14.5. The number of cyclic esters (lactones) is 1. The minimum Gasteiger partial charge on any atom is -0.460 e. The van der Waals surface area contributed by atoms with Gasteiger partial charge in [0.15, 0.2) is 5.78 Å². The third-order valence-corrected chi connectivity index (χ3v) is 15.3. The van der Waals surface area contributed by atoms with Gasteiger partial charge in [0.25, 0.3) is 11.7 Å². The Balaban J connectivity index is 1.70. The molecule has 3 fully saturated rings. The molecule has 1 saturated carbocycles. The lowest BCUT2D eigenvalue weighted by atomic mass is 9.78. The van der Waals surface area contributed by atoms with Crippen LogP contribution in [0.1, 0.15) is 126 Å². The summed E-state index contributed by atoms with van der Waals surface area (Å²) in [5.74, 6) is -8.58. The van der Waals surface area contributed by atoms with Crippen LogP contribution in [-0.2, 0) is 57.2 Å². The number of rotatable bonds is 8. The van der Waals surface area contributed by atoms with Gasteiger partial charge in [0.1, 0.15) is 41.6 Å². The number of aliphatic hydroxyl groups is 2. The molecule has 0 aromatic rings. The average Bonchev–Trinajstić information content (AvgIpc) is 3.33. The zero-order valence-corrected chi connectivity index (χ0v) is 44.2. The number of methoxy groups -OCH3 is 3. The first-order valence-electron chi connectivity index (χ1n) is 24.9. The van der Waals surface area contributed by atoms with E-state index >= 15 is 0 Å². The molecular formula is C53H80BrNO14. The van der Waals surface area contributed by atoms with Crippen molar-refractivity contribution in [2.75, 3.05) is 33.2 Å². The molecule has 1 amide bonds. The van der Waals surface area contributed by atoms with E-state index in [9.17, 15) is 39.0 Å². The standard InChI is InChI=1S/C53H80BrNO14/c1-31-16-12-11-13-17-32(2)43(64-8)28-39-21-19-37(7)53(63,69-39)50(60)51(61)55-23-15-14-18-40(55)52(62)68-44(34(4)26-38-20-22-42(45(27-38)65-9)67-46(57)30-54)29-41(56)33(3)25-36(6)48(59)49(66-10)47(58)35(5)24-31/h11-13,16-17,25,31,33-35,37-40,42-45,48-49,59,63H,14-15,18-24,26-30H2,1-10H3/b13-11?,16-12+,32-17?,36-25+/t31-,33-,34-,35-,37-,38+,39+,40+,42-,43+,44+,45-,48-,49+,53-/m1/s1. The molecule has 0 unspecified atom stereocenters. The molecule has 4 aliphatic rings. The molecule has 15 nitrogen and oxygen atoms in total. The van der Waals surface area contributed by atoms with Crippen molar-refractivity contribution in [1.82, 2.24) is 4.90 Å². The van der Waals surface area contributed by atoms with Crippen LogP contribution < -0.4 is 0 Å². The molecule has 1 aliphatic carbocycles. The largest absolute Gasteiger partial charge is 0.460 e. The average molecular weight is 1040 g/mol. The number of amides is 1. The first-order valence-corrected chi connectivity index (χ1v) is 26.1.